The minimum atomic E-state index is -2.87. The third-order valence-corrected chi connectivity index (χ3v) is 6.24. The van der Waals surface area contributed by atoms with Crippen LogP contribution in [0.15, 0.2) is 61.1 Å². The number of aryl methyl sites for hydroxylation is 1. The fraction of sp³-hybridized carbons (Fsp3) is 0.269. The Morgan fingerprint density at radius 3 is 2.73 bits per heavy atom. The summed E-state index contributed by atoms with van der Waals surface area (Å²) in [5, 5.41) is 6.27. The van der Waals surface area contributed by atoms with Gasteiger partial charge in [-0.25, -0.2) is 9.97 Å². The molecule has 0 aliphatic carbocycles. The molecule has 5 rings (SSSR count). The van der Waals surface area contributed by atoms with Gasteiger partial charge in [-0.05, 0) is 61.4 Å². The van der Waals surface area contributed by atoms with Crippen LogP contribution in [0.1, 0.15) is 12.0 Å². The molecular weight excluding hydrogens is 480 g/mol. The maximum atomic E-state index is 12.5. The van der Waals surface area contributed by atoms with Crippen LogP contribution in [0.2, 0.25) is 0 Å². The Kier molecular flexibility index (Phi) is 6.97. The van der Waals surface area contributed by atoms with Crippen LogP contribution in [-0.4, -0.2) is 57.5 Å². The van der Waals surface area contributed by atoms with Crippen molar-refractivity contribution in [3.63, 3.8) is 0 Å². The van der Waals surface area contributed by atoms with Crippen molar-refractivity contribution in [2.75, 3.05) is 30.3 Å². The first-order chi connectivity index (χ1) is 17.9. The number of halogens is 2. The molecule has 1 aliphatic rings. The van der Waals surface area contributed by atoms with E-state index in [0.29, 0.717) is 18.0 Å². The van der Waals surface area contributed by atoms with Gasteiger partial charge < -0.3 is 21.1 Å². The molecule has 3 heterocycles. The second kappa shape index (κ2) is 10.5. The van der Waals surface area contributed by atoms with Gasteiger partial charge in [0.25, 0.3) is 0 Å². The molecule has 0 bridgehead atoms. The van der Waals surface area contributed by atoms with E-state index in [1.165, 1.54) is 12.1 Å². The molecule has 1 saturated heterocycles. The second-order valence-corrected chi connectivity index (χ2v) is 9.00. The van der Waals surface area contributed by atoms with E-state index in [1.807, 2.05) is 29.5 Å². The van der Waals surface area contributed by atoms with Gasteiger partial charge in [-0.1, -0.05) is 0 Å². The average molecular weight is 508 g/mol. The molecule has 192 valence electrons. The number of hydrogen-bond acceptors (Lipinski definition) is 7. The molecular formula is C26H27F2N7O2. The Morgan fingerprint density at radius 2 is 2.03 bits per heavy atom. The zero-order valence-electron chi connectivity index (χ0n) is 20.2. The van der Waals surface area contributed by atoms with Crippen LogP contribution >= 0.6 is 0 Å². The molecule has 0 spiro atoms. The molecule has 4 aromatic rings. The van der Waals surface area contributed by atoms with Gasteiger partial charge in [0, 0.05) is 48.5 Å². The highest BCUT2D eigenvalue weighted by atomic mass is 19.3. The summed E-state index contributed by atoms with van der Waals surface area (Å²) in [5.41, 5.74) is 10.5. The van der Waals surface area contributed by atoms with Gasteiger partial charge in [0.2, 0.25) is 5.91 Å². The van der Waals surface area contributed by atoms with Gasteiger partial charge in [0.1, 0.15) is 5.75 Å². The van der Waals surface area contributed by atoms with E-state index in [2.05, 4.69) is 30.2 Å². The Labute approximate surface area is 212 Å². The van der Waals surface area contributed by atoms with Gasteiger partial charge in [-0.2, -0.15) is 8.78 Å². The van der Waals surface area contributed by atoms with Crippen LogP contribution in [0.4, 0.5) is 26.0 Å². The van der Waals surface area contributed by atoms with Crippen LogP contribution in [-0.2, 0) is 4.79 Å². The van der Waals surface area contributed by atoms with Gasteiger partial charge in [0.05, 0.1) is 18.4 Å². The second-order valence-electron chi connectivity index (χ2n) is 9.00. The molecule has 1 atom stereocenters. The number of nitrogens with zero attached hydrogens (tertiary/aromatic N) is 4. The lowest BCUT2D eigenvalue weighted by atomic mass is 10.1. The highest BCUT2D eigenvalue weighted by molar-refractivity contribution is 5.93. The quantitative estimate of drug-likeness (QED) is 0.330. The van der Waals surface area contributed by atoms with Crippen molar-refractivity contribution in [1.29, 1.82) is 0 Å². The summed E-state index contributed by atoms with van der Waals surface area (Å²) < 4.78 is 31.2. The minimum absolute atomic E-state index is 0.0666. The third-order valence-electron chi connectivity index (χ3n) is 6.24. The van der Waals surface area contributed by atoms with Gasteiger partial charge in [0.15, 0.2) is 11.5 Å². The Bertz CT molecular complexity index is 1410. The number of fused-ring (bicyclic) bond motifs is 1. The predicted molar refractivity (Wildman–Crippen MR) is 137 cm³/mol. The number of amides is 1. The van der Waals surface area contributed by atoms with E-state index in [1.54, 1.807) is 30.7 Å². The standard InChI is InChI=1S/C26H27F2N7O2/c1-16-12-19(4-7-21(16)33-23(36)15-34-10-8-18(29)14-34)32-24-25-31-13-22(35(25)11-9-30-24)17-2-5-20(6-3-17)37-26(27)28/h2-7,9,11-13,18,26H,8,10,14-15,29H2,1H3,(H,30,32)(H,33,36). The van der Waals surface area contributed by atoms with E-state index in [9.17, 15) is 13.6 Å². The lowest BCUT2D eigenvalue weighted by Gasteiger charge is -2.16. The number of imidazole rings is 1. The summed E-state index contributed by atoms with van der Waals surface area (Å²) in [4.78, 5) is 23.5. The maximum absolute atomic E-state index is 12.5. The average Bonchev–Trinajstić information content (AvgIpc) is 3.47. The number of hydrogen-bond donors (Lipinski definition) is 3. The van der Waals surface area contributed by atoms with Crippen molar-refractivity contribution in [3.8, 4) is 17.0 Å². The topological polar surface area (TPSA) is 110 Å². The SMILES string of the molecule is Cc1cc(Nc2nccn3c(-c4ccc(OC(F)F)cc4)cnc23)ccc1NC(=O)CN1CCC(N)C1. The van der Waals surface area contributed by atoms with E-state index in [0.717, 1.165) is 47.7 Å². The molecule has 2 aromatic carbocycles. The van der Waals surface area contributed by atoms with E-state index < -0.39 is 6.61 Å². The fourth-order valence-corrected chi connectivity index (χ4v) is 4.45. The third kappa shape index (κ3) is 5.68. The summed E-state index contributed by atoms with van der Waals surface area (Å²) in [7, 11) is 0. The first kappa shape index (κ1) is 24.6. The number of benzene rings is 2. The summed E-state index contributed by atoms with van der Waals surface area (Å²) in [6.45, 7) is 0.952. The highest BCUT2D eigenvalue weighted by Crippen LogP contribution is 2.28. The zero-order valence-corrected chi connectivity index (χ0v) is 20.2. The van der Waals surface area contributed by atoms with E-state index in [4.69, 9.17) is 5.73 Å². The van der Waals surface area contributed by atoms with E-state index in [-0.39, 0.29) is 17.7 Å². The maximum Gasteiger partial charge on any atom is 0.387 e. The Morgan fingerprint density at radius 1 is 1.22 bits per heavy atom. The molecule has 4 N–H and O–H groups in total. The zero-order chi connectivity index (χ0) is 25.9. The monoisotopic (exact) mass is 507 g/mol. The van der Waals surface area contributed by atoms with Crippen molar-refractivity contribution in [3.05, 3.63) is 66.6 Å². The number of alkyl halides is 2. The van der Waals surface area contributed by atoms with Crippen LogP contribution in [0.25, 0.3) is 16.9 Å². The number of aromatic nitrogens is 3. The number of likely N-dealkylation sites (tertiary alicyclic amines) is 1. The van der Waals surface area contributed by atoms with Crippen molar-refractivity contribution in [1.82, 2.24) is 19.3 Å². The molecule has 1 aliphatic heterocycles. The molecule has 1 fully saturated rings. The molecule has 1 amide bonds. The molecule has 9 nitrogen and oxygen atoms in total. The summed E-state index contributed by atoms with van der Waals surface area (Å²) in [6, 6.07) is 12.2. The van der Waals surface area contributed by atoms with Crippen LogP contribution in [0.5, 0.6) is 5.75 Å². The Hall–Kier alpha value is -4.09. The van der Waals surface area contributed by atoms with Crippen molar-refractivity contribution >= 4 is 28.7 Å². The summed E-state index contributed by atoms with van der Waals surface area (Å²) >= 11 is 0. The lowest BCUT2D eigenvalue weighted by Crippen LogP contribution is -2.33. The van der Waals surface area contributed by atoms with Crippen LogP contribution < -0.4 is 21.1 Å². The highest BCUT2D eigenvalue weighted by Gasteiger charge is 2.21. The number of ether oxygens (including phenoxy) is 1. The molecule has 37 heavy (non-hydrogen) atoms. The van der Waals surface area contributed by atoms with Gasteiger partial charge in [-0.15, -0.1) is 0 Å². The van der Waals surface area contributed by atoms with Gasteiger partial charge in [-0.3, -0.25) is 14.1 Å². The fourth-order valence-electron chi connectivity index (χ4n) is 4.45. The number of nitrogens with one attached hydrogen (secondary N) is 2. The smallest absolute Gasteiger partial charge is 0.387 e. The lowest BCUT2D eigenvalue weighted by molar-refractivity contribution is -0.117. The number of carbonyl (C=O) groups is 1. The normalized spacial score (nSPS) is 15.9. The first-order valence-corrected chi connectivity index (χ1v) is 11.9. The van der Waals surface area contributed by atoms with Crippen LogP contribution in [0, 0.1) is 6.92 Å². The molecule has 11 heteroatoms. The molecule has 1 unspecified atom stereocenters. The first-order valence-electron chi connectivity index (χ1n) is 11.9. The summed E-state index contributed by atoms with van der Waals surface area (Å²) in [6.07, 6.45) is 6.04. The molecule has 0 saturated carbocycles. The minimum Gasteiger partial charge on any atom is -0.435 e. The number of carbonyl (C=O) groups excluding carboxylic acids is 1. The number of anilines is 3. The summed E-state index contributed by atoms with van der Waals surface area (Å²) in [5.74, 6) is 0.572. The number of nitrogens with two attached hydrogens (primary N) is 1. The Balaban J connectivity index is 1.30. The van der Waals surface area contributed by atoms with Crippen LogP contribution in [0.3, 0.4) is 0 Å². The van der Waals surface area contributed by atoms with Crippen molar-refractivity contribution in [2.24, 2.45) is 5.73 Å². The molecule has 2 aromatic heterocycles. The molecule has 0 radical (unpaired) electrons. The van der Waals surface area contributed by atoms with Gasteiger partial charge >= 0.3 is 6.61 Å². The van der Waals surface area contributed by atoms with Crippen molar-refractivity contribution < 1.29 is 18.3 Å². The predicted octanol–water partition coefficient (Wildman–Crippen LogP) is 4.02. The van der Waals surface area contributed by atoms with E-state index >= 15 is 0 Å². The largest absolute Gasteiger partial charge is 0.435 e. The van der Waals surface area contributed by atoms with Crippen molar-refractivity contribution in [2.45, 2.75) is 26.0 Å². The number of rotatable bonds is 8.